The second-order valence-electron chi connectivity index (χ2n) is 16.6. The van der Waals surface area contributed by atoms with Crippen molar-refractivity contribution in [1.29, 1.82) is 0 Å². The van der Waals surface area contributed by atoms with Crippen LogP contribution in [0.5, 0.6) is 0 Å². The van der Waals surface area contributed by atoms with Crippen LogP contribution in [0, 0.1) is 23.7 Å². The van der Waals surface area contributed by atoms with Crippen LogP contribution in [-0.2, 0) is 30.9 Å². The molecule has 2 aliphatic carbocycles. The molecule has 4 aromatic carbocycles. The molecule has 6 aromatic rings. The average molecular weight is 859 g/mol. The summed E-state index contributed by atoms with van der Waals surface area (Å²) in [5.41, 5.74) is 4.73. The van der Waals surface area contributed by atoms with Gasteiger partial charge in [0.1, 0.15) is 11.2 Å². The van der Waals surface area contributed by atoms with Crippen LogP contribution in [0.2, 0.25) is 0 Å². The molecule has 4 heterocycles. The molecular formula is C44H48AlLiN4O8S2. The van der Waals surface area contributed by atoms with Gasteiger partial charge in [0, 0.05) is 59.2 Å². The van der Waals surface area contributed by atoms with E-state index < -0.39 is 20.0 Å². The Labute approximate surface area is 373 Å². The van der Waals surface area contributed by atoms with Crippen molar-refractivity contribution < 1.29 is 55.5 Å². The molecule has 4 aliphatic rings. The number of likely N-dealkylation sites (tertiary alicyclic amines) is 2. The first kappa shape index (κ1) is 43.6. The molecule has 2 saturated heterocycles. The molecule has 4 atom stereocenters. The summed E-state index contributed by atoms with van der Waals surface area (Å²) in [4.78, 5) is 29.5. The smallest absolute Gasteiger partial charge is 1.00 e. The molecule has 0 radical (unpaired) electrons. The molecule has 4 unspecified atom stereocenters. The van der Waals surface area contributed by atoms with Crippen LogP contribution in [0.25, 0.3) is 21.9 Å². The van der Waals surface area contributed by atoms with Crippen molar-refractivity contribution in [2.24, 2.45) is 23.7 Å². The molecule has 2 aromatic heterocycles. The van der Waals surface area contributed by atoms with Crippen LogP contribution in [0.4, 0.5) is 11.4 Å². The van der Waals surface area contributed by atoms with E-state index in [1.54, 1.807) is 24.3 Å². The number of hydrogen-bond donors (Lipinski definition) is 2. The number of benzene rings is 4. The van der Waals surface area contributed by atoms with Gasteiger partial charge in [-0.2, -0.15) is 0 Å². The van der Waals surface area contributed by atoms with Gasteiger partial charge in [0.2, 0.25) is 20.0 Å². The molecule has 308 valence electrons. The summed E-state index contributed by atoms with van der Waals surface area (Å²) < 4.78 is 62.7. The fourth-order valence-electron chi connectivity index (χ4n) is 9.70. The van der Waals surface area contributed by atoms with E-state index in [-0.39, 0.29) is 60.3 Å². The van der Waals surface area contributed by atoms with E-state index >= 15 is 0 Å². The number of furan rings is 2. The van der Waals surface area contributed by atoms with Crippen molar-refractivity contribution in [3.05, 3.63) is 132 Å². The molecule has 0 bridgehead atoms. The van der Waals surface area contributed by atoms with Gasteiger partial charge in [0.05, 0.1) is 12.5 Å². The van der Waals surface area contributed by atoms with Gasteiger partial charge >= 0.3 is 18.9 Å². The van der Waals surface area contributed by atoms with Gasteiger partial charge in [-0.1, -0.05) is 74.5 Å². The van der Waals surface area contributed by atoms with E-state index in [1.165, 1.54) is 0 Å². The van der Waals surface area contributed by atoms with Crippen LogP contribution in [0.15, 0.2) is 118 Å². The summed E-state index contributed by atoms with van der Waals surface area (Å²) in [6.45, 7) is 7.12. The molecule has 10 rings (SSSR count). The Kier molecular flexibility index (Phi) is 11.5. The van der Waals surface area contributed by atoms with Crippen molar-refractivity contribution in [2.75, 3.05) is 48.1 Å². The van der Waals surface area contributed by atoms with Gasteiger partial charge in [0.15, 0.2) is 28.9 Å². The molecule has 2 saturated carbocycles. The first-order valence-electron chi connectivity index (χ1n) is 19.2. The van der Waals surface area contributed by atoms with Crippen molar-refractivity contribution in [2.45, 2.75) is 24.7 Å². The molecule has 0 spiro atoms. The number of anilines is 2. The molecule has 2 amide bonds. The van der Waals surface area contributed by atoms with Gasteiger partial charge in [-0.15, -0.1) is 0 Å². The standard InChI is InChI=1S/2C22H22N2O4S.Al.Li.4H/c2*1-22(15-7-5-8-16(11-15)23-29(2,26)27)17-12-24(13-18(17)22)21(25)20-10-14-6-3-4-9-19(14)28-20;;;;;;/h2*3-11,17-18,23H,12-13H2,1-2H3;;;;;;/q;;;+1;;;;-1. The number of rotatable bonds is 8. The second kappa shape index (κ2) is 15.8. The van der Waals surface area contributed by atoms with Crippen molar-refractivity contribution in [1.82, 2.24) is 9.80 Å². The molecule has 12 nitrogen and oxygen atoms in total. The van der Waals surface area contributed by atoms with Gasteiger partial charge in [-0.3, -0.25) is 19.0 Å². The summed E-state index contributed by atoms with van der Waals surface area (Å²) in [7, 11) is -6.63. The van der Waals surface area contributed by atoms with Gasteiger partial charge < -0.3 is 20.1 Å². The molecule has 4 fully saturated rings. The minimum atomic E-state index is -3.31. The molecular weight excluding hydrogens is 811 g/mol. The zero-order valence-electron chi connectivity index (χ0n) is 34.5. The zero-order chi connectivity index (χ0) is 40.8. The number of carbonyl (C=O) groups excluding carboxylic acids is 2. The Morgan fingerprint density at radius 1 is 0.583 bits per heavy atom. The van der Waals surface area contributed by atoms with E-state index in [0.29, 0.717) is 72.7 Å². The zero-order valence-corrected chi connectivity index (χ0v) is 35.1. The van der Waals surface area contributed by atoms with E-state index in [4.69, 9.17) is 8.83 Å². The quantitative estimate of drug-likeness (QED) is 0.221. The number of amides is 2. The monoisotopic (exact) mass is 858 g/mol. The number of para-hydroxylation sites is 2. The normalized spacial score (nSPS) is 24.9. The van der Waals surface area contributed by atoms with Gasteiger partial charge in [-0.25, -0.2) is 16.8 Å². The fourth-order valence-corrected chi connectivity index (χ4v) is 10.8. The van der Waals surface area contributed by atoms with Crippen LogP contribution < -0.4 is 28.3 Å². The second-order valence-corrected chi connectivity index (χ2v) is 20.1. The summed E-state index contributed by atoms with van der Waals surface area (Å²) in [6.07, 6.45) is 2.30. The number of hydrogen-bond acceptors (Lipinski definition) is 8. The molecule has 16 heteroatoms. The minimum Gasteiger partial charge on any atom is -1.00 e. The third-order valence-electron chi connectivity index (χ3n) is 12.9. The largest absolute Gasteiger partial charge is 1.00 e. The van der Waals surface area contributed by atoms with Gasteiger partial charge in [-0.05, 0) is 83.3 Å². The van der Waals surface area contributed by atoms with Crippen LogP contribution in [0.1, 0.15) is 47.5 Å². The first-order valence-corrected chi connectivity index (χ1v) is 23.0. The van der Waals surface area contributed by atoms with E-state index in [1.807, 2.05) is 94.7 Å². The topological polar surface area (TPSA) is 159 Å². The summed E-state index contributed by atoms with van der Waals surface area (Å²) in [6, 6.07) is 34.0. The van der Waals surface area contributed by atoms with Crippen LogP contribution in [0.3, 0.4) is 0 Å². The van der Waals surface area contributed by atoms with Crippen molar-refractivity contribution in [3.63, 3.8) is 0 Å². The maximum atomic E-state index is 12.9. The average Bonchev–Trinajstić information content (AvgIpc) is 3.69. The Hall–Kier alpha value is -4.47. The maximum absolute atomic E-state index is 12.9. The van der Waals surface area contributed by atoms with E-state index in [9.17, 15) is 26.4 Å². The van der Waals surface area contributed by atoms with Crippen LogP contribution >= 0.6 is 0 Å². The third-order valence-corrected chi connectivity index (χ3v) is 14.1. The number of fused-ring (bicyclic) bond motifs is 4. The first-order chi connectivity index (χ1) is 27.5. The Bertz CT molecular complexity index is 2590. The summed E-state index contributed by atoms with van der Waals surface area (Å²) in [5.74, 6) is 2.09. The Balaban J connectivity index is 0.000000194. The minimum absolute atomic E-state index is 0. The summed E-state index contributed by atoms with van der Waals surface area (Å²) >= 11 is 0. The number of carbonyl (C=O) groups is 2. The molecule has 2 N–H and O–H groups in total. The maximum Gasteiger partial charge on any atom is 1.00 e. The van der Waals surface area contributed by atoms with E-state index in [2.05, 4.69) is 23.3 Å². The SMILES string of the molecule is CC1(c2cccc(NS(C)(=O)=O)c2)C2CN(C(=O)c3cc4ccccc4o3)CC21.CC1(c2cccc(NS(C)(=O)=O)c2)C2CN(C(=O)c3cc4ccccc4o3)CC21.[AlH3].[H-].[Li+]. The van der Waals surface area contributed by atoms with E-state index in [0.717, 1.165) is 45.6 Å². The number of nitrogens with one attached hydrogen (secondary N) is 2. The molecule has 2 aliphatic heterocycles. The van der Waals surface area contributed by atoms with Gasteiger partial charge in [0.25, 0.3) is 11.8 Å². The predicted molar refractivity (Wildman–Crippen MR) is 234 cm³/mol. The summed E-state index contributed by atoms with van der Waals surface area (Å²) in [5, 5.41) is 1.86. The number of nitrogens with zero attached hydrogens (tertiary/aromatic N) is 2. The Morgan fingerprint density at radius 3 is 1.27 bits per heavy atom. The number of piperidine rings is 2. The van der Waals surface area contributed by atoms with Crippen molar-refractivity contribution in [3.8, 4) is 0 Å². The van der Waals surface area contributed by atoms with Crippen molar-refractivity contribution >= 4 is 82.5 Å². The number of sulfonamides is 2. The predicted octanol–water partition coefficient (Wildman–Crippen LogP) is 2.86. The Morgan fingerprint density at radius 2 is 0.933 bits per heavy atom. The third kappa shape index (κ3) is 8.04. The van der Waals surface area contributed by atoms with Crippen LogP contribution in [-0.4, -0.2) is 94.5 Å². The molecule has 60 heavy (non-hydrogen) atoms. The fraction of sp³-hybridized carbons (Fsp3) is 0.318.